The largest absolute Gasteiger partial charge is 0.302 e. The molecule has 0 amide bonds. The van der Waals surface area contributed by atoms with Crippen LogP contribution in [0.2, 0.25) is 0 Å². The van der Waals surface area contributed by atoms with Crippen LogP contribution in [0.5, 0.6) is 0 Å². The van der Waals surface area contributed by atoms with Gasteiger partial charge in [0.25, 0.3) is 0 Å². The smallest absolute Gasteiger partial charge is 0.195 e. The minimum Gasteiger partial charge on any atom is -0.195 e. The molecule has 2 nitrogen and oxygen atoms in total. The van der Waals surface area contributed by atoms with Gasteiger partial charge in [0.2, 0.25) is 0 Å². The van der Waals surface area contributed by atoms with E-state index >= 15 is 0 Å². The van der Waals surface area contributed by atoms with E-state index in [4.69, 9.17) is 0 Å². The Morgan fingerprint density at radius 2 is 2.07 bits per heavy atom. The number of hydrogen-bond acceptors (Lipinski definition) is 2. The zero-order valence-corrected chi connectivity index (χ0v) is 10.0. The molecule has 1 aromatic carbocycles. The third-order valence-electron chi connectivity index (χ3n) is 1.93. The van der Waals surface area contributed by atoms with E-state index in [-0.39, 0.29) is 6.42 Å². The zero-order chi connectivity index (χ0) is 10.8. The van der Waals surface area contributed by atoms with Gasteiger partial charge in [0, 0.05) is 4.47 Å². The van der Waals surface area contributed by atoms with Gasteiger partial charge in [0.1, 0.15) is 0 Å². The van der Waals surface area contributed by atoms with Gasteiger partial charge >= 0.3 is 10.2 Å². The van der Waals surface area contributed by atoms with Crippen molar-refractivity contribution in [3.8, 4) is 0 Å². The summed E-state index contributed by atoms with van der Waals surface area (Å²) in [5.41, 5.74) is 1.82. The van der Waals surface area contributed by atoms with E-state index in [1.807, 2.05) is 19.1 Å². The summed E-state index contributed by atoms with van der Waals surface area (Å²) in [5, 5.41) is 0. The van der Waals surface area contributed by atoms with E-state index in [0.717, 1.165) is 15.6 Å². The average Bonchev–Trinajstić information content (AvgIpc) is 2.05. The number of halogens is 2. The monoisotopic (exact) mass is 280 g/mol. The van der Waals surface area contributed by atoms with Gasteiger partial charge in [0.15, 0.2) is 0 Å². The van der Waals surface area contributed by atoms with Crippen molar-refractivity contribution in [3.63, 3.8) is 0 Å². The predicted octanol–water partition coefficient (Wildman–Crippen LogP) is 2.60. The number of aryl methyl sites for hydroxylation is 2. The van der Waals surface area contributed by atoms with Crippen LogP contribution >= 0.6 is 15.9 Å². The molecule has 78 valence electrons. The lowest BCUT2D eigenvalue weighted by Crippen LogP contribution is -2.03. The van der Waals surface area contributed by atoms with Crippen molar-refractivity contribution >= 4 is 26.2 Å². The standard InChI is InChI=1S/C9H10BrFO2S/c1-7-2-3-9(10)6-8(7)4-5-14(11,12)13/h2-3,6H,4-5H2,1H3. The molecule has 0 unspecified atom stereocenters. The lowest BCUT2D eigenvalue weighted by atomic mass is 10.1. The normalized spacial score (nSPS) is 11.6. The highest BCUT2D eigenvalue weighted by Gasteiger charge is 2.08. The highest BCUT2D eigenvalue weighted by molar-refractivity contribution is 9.10. The Balaban J connectivity index is 2.81. The van der Waals surface area contributed by atoms with Crippen LogP contribution < -0.4 is 0 Å². The fourth-order valence-corrected chi connectivity index (χ4v) is 2.01. The molecule has 0 aliphatic carbocycles. The fourth-order valence-electron chi connectivity index (χ4n) is 1.14. The first-order valence-electron chi connectivity index (χ1n) is 4.06. The molecule has 0 bridgehead atoms. The van der Waals surface area contributed by atoms with Crippen molar-refractivity contribution in [3.05, 3.63) is 33.8 Å². The lowest BCUT2D eigenvalue weighted by Gasteiger charge is -2.04. The second-order valence-corrected chi connectivity index (χ2v) is 5.47. The summed E-state index contributed by atoms with van der Waals surface area (Å²) in [4.78, 5) is 0. The number of rotatable bonds is 3. The van der Waals surface area contributed by atoms with Gasteiger partial charge in [-0.2, -0.15) is 8.42 Å². The van der Waals surface area contributed by atoms with E-state index in [1.165, 1.54) is 0 Å². The topological polar surface area (TPSA) is 34.1 Å². The maximum absolute atomic E-state index is 12.3. The fraction of sp³-hybridized carbons (Fsp3) is 0.333. The SMILES string of the molecule is Cc1ccc(Br)cc1CCS(=O)(=O)F. The van der Waals surface area contributed by atoms with Gasteiger partial charge in [0.05, 0.1) is 5.75 Å². The molecule has 0 heterocycles. The third-order valence-corrected chi connectivity index (χ3v) is 3.11. The molecule has 0 atom stereocenters. The lowest BCUT2D eigenvalue weighted by molar-refractivity contribution is 0.551. The van der Waals surface area contributed by atoms with Crippen LogP contribution in [0.15, 0.2) is 22.7 Å². The van der Waals surface area contributed by atoms with Gasteiger partial charge in [-0.3, -0.25) is 0 Å². The van der Waals surface area contributed by atoms with Crippen molar-refractivity contribution in [1.82, 2.24) is 0 Å². The number of hydrogen-bond donors (Lipinski definition) is 0. The Morgan fingerprint density at radius 3 is 2.64 bits per heavy atom. The minimum absolute atomic E-state index is 0.212. The van der Waals surface area contributed by atoms with E-state index in [9.17, 15) is 12.3 Å². The van der Waals surface area contributed by atoms with Gasteiger partial charge in [-0.05, 0) is 36.6 Å². The highest BCUT2D eigenvalue weighted by Crippen LogP contribution is 2.17. The maximum Gasteiger partial charge on any atom is 0.302 e. The Morgan fingerprint density at radius 1 is 1.43 bits per heavy atom. The molecule has 0 fully saturated rings. The molecule has 1 rings (SSSR count). The van der Waals surface area contributed by atoms with Crippen LogP contribution in [0, 0.1) is 6.92 Å². The quantitative estimate of drug-likeness (QED) is 0.798. The molecule has 0 spiro atoms. The molecule has 0 aliphatic rings. The van der Waals surface area contributed by atoms with Crippen LogP contribution in [0.1, 0.15) is 11.1 Å². The van der Waals surface area contributed by atoms with Crippen molar-refractivity contribution in [1.29, 1.82) is 0 Å². The molecule has 14 heavy (non-hydrogen) atoms. The summed E-state index contributed by atoms with van der Waals surface area (Å²) in [5.74, 6) is -0.454. The maximum atomic E-state index is 12.3. The molecule has 0 saturated carbocycles. The van der Waals surface area contributed by atoms with Gasteiger partial charge in [-0.25, -0.2) is 0 Å². The first-order valence-corrected chi connectivity index (χ1v) is 6.40. The second-order valence-electron chi connectivity index (χ2n) is 3.06. The summed E-state index contributed by atoms with van der Waals surface area (Å²) < 4.78 is 33.8. The first kappa shape index (κ1) is 11.7. The van der Waals surface area contributed by atoms with Crippen LogP contribution in [0.3, 0.4) is 0 Å². The van der Waals surface area contributed by atoms with Gasteiger partial charge in [-0.1, -0.05) is 22.0 Å². The van der Waals surface area contributed by atoms with Crippen LogP contribution in [-0.4, -0.2) is 14.2 Å². The van der Waals surface area contributed by atoms with Gasteiger partial charge in [-0.15, -0.1) is 3.89 Å². The zero-order valence-electron chi connectivity index (χ0n) is 7.63. The molecule has 0 saturated heterocycles. The van der Waals surface area contributed by atoms with Crippen LogP contribution in [0.25, 0.3) is 0 Å². The molecule has 0 N–H and O–H groups in total. The van der Waals surface area contributed by atoms with E-state index in [2.05, 4.69) is 15.9 Å². The Hall–Kier alpha value is -0.420. The summed E-state index contributed by atoms with van der Waals surface area (Å²) in [6, 6.07) is 5.54. The molecule has 1 aromatic rings. The second kappa shape index (κ2) is 4.40. The average molecular weight is 281 g/mol. The summed E-state index contributed by atoms with van der Waals surface area (Å²) in [6.07, 6.45) is 0.212. The number of benzene rings is 1. The van der Waals surface area contributed by atoms with E-state index in [0.29, 0.717) is 0 Å². The Kier molecular flexibility index (Phi) is 3.66. The van der Waals surface area contributed by atoms with Crippen molar-refractivity contribution < 1.29 is 12.3 Å². The van der Waals surface area contributed by atoms with Crippen molar-refractivity contribution in [2.24, 2.45) is 0 Å². The third kappa shape index (κ3) is 3.75. The van der Waals surface area contributed by atoms with Crippen LogP contribution in [0.4, 0.5) is 3.89 Å². The van der Waals surface area contributed by atoms with Crippen molar-refractivity contribution in [2.75, 3.05) is 5.75 Å². The summed E-state index contributed by atoms with van der Waals surface area (Å²) in [7, 11) is -4.37. The molecule has 0 aromatic heterocycles. The minimum atomic E-state index is -4.37. The Labute approximate surface area is 91.5 Å². The molecule has 0 radical (unpaired) electrons. The van der Waals surface area contributed by atoms with Crippen LogP contribution in [-0.2, 0) is 16.6 Å². The first-order chi connectivity index (χ1) is 6.38. The molecular formula is C9H10BrFO2S. The predicted molar refractivity (Wildman–Crippen MR) is 57.5 cm³/mol. The van der Waals surface area contributed by atoms with Crippen molar-refractivity contribution in [2.45, 2.75) is 13.3 Å². The van der Waals surface area contributed by atoms with Gasteiger partial charge < -0.3 is 0 Å². The van der Waals surface area contributed by atoms with E-state index in [1.54, 1.807) is 6.07 Å². The Bertz CT molecular complexity index is 428. The highest BCUT2D eigenvalue weighted by atomic mass is 79.9. The summed E-state index contributed by atoms with van der Waals surface area (Å²) in [6.45, 7) is 1.87. The summed E-state index contributed by atoms with van der Waals surface area (Å²) >= 11 is 3.27. The molecule has 0 aliphatic heterocycles. The molecule has 5 heteroatoms. The van der Waals surface area contributed by atoms with E-state index < -0.39 is 16.0 Å². The molecular weight excluding hydrogens is 271 g/mol.